The van der Waals surface area contributed by atoms with Gasteiger partial charge in [0, 0.05) is 6.42 Å². The lowest BCUT2D eigenvalue weighted by atomic mass is 9.84. The molecule has 0 spiro atoms. The van der Waals surface area contributed by atoms with Crippen LogP contribution in [-0.4, -0.2) is 10.2 Å². The third-order valence-corrected chi connectivity index (χ3v) is 2.98. The van der Waals surface area contributed by atoms with Gasteiger partial charge in [-0.15, -0.1) is 0 Å². The molecule has 2 heteroatoms. The van der Waals surface area contributed by atoms with Gasteiger partial charge in [0.1, 0.15) is 0 Å². The highest BCUT2D eigenvalue weighted by Crippen LogP contribution is 2.38. The summed E-state index contributed by atoms with van der Waals surface area (Å²) >= 11 is 5.91. The summed E-state index contributed by atoms with van der Waals surface area (Å²) in [7, 11) is 0. The van der Waals surface area contributed by atoms with Crippen LogP contribution in [0.15, 0.2) is 23.8 Å². The van der Waals surface area contributed by atoms with Gasteiger partial charge in [-0.25, -0.2) is 0 Å². The van der Waals surface area contributed by atoms with Crippen molar-refractivity contribution in [3.8, 4) is 0 Å². The maximum Gasteiger partial charge on any atom is 0.160 e. The van der Waals surface area contributed by atoms with Gasteiger partial charge >= 0.3 is 0 Å². The third kappa shape index (κ3) is 1.90. The Bertz CT molecular complexity index is 228. The number of hydrogen-bond acceptors (Lipinski definition) is 1. The van der Waals surface area contributed by atoms with Gasteiger partial charge in [-0.3, -0.25) is 0 Å². The van der Waals surface area contributed by atoms with Gasteiger partial charge in [0.2, 0.25) is 0 Å². The van der Waals surface area contributed by atoms with Crippen molar-refractivity contribution >= 4 is 11.6 Å². The first-order valence-corrected chi connectivity index (χ1v) is 4.55. The lowest BCUT2D eigenvalue weighted by molar-refractivity contribution is 0.132. The largest absolute Gasteiger partial charge is 0.371 e. The Morgan fingerprint density at radius 3 is 2.83 bits per heavy atom. The van der Waals surface area contributed by atoms with E-state index in [2.05, 4.69) is 6.58 Å². The molecule has 2 atom stereocenters. The lowest BCUT2D eigenvalue weighted by Crippen LogP contribution is -2.29. The topological polar surface area (TPSA) is 20.2 Å². The molecule has 12 heavy (non-hydrogen) atoms. The molecule has 0 aromatic rings. The molecule has 1 rings (SSSR count). The van der Waals surface area contributed by atoms with Gasteiger partial charge < -0.3 is 5.11 Å². The van der Waals surface area contributed by atoms with E-state index in [9.17, 15) is 5.11 Å². The number of rotatable bonds is 1. The van der Waals surface area contributed by atoms with Crippen molar-refractivity contribution in [2.45, 2.75) is 31.7 Å². The van der Waals surface area contributed by atoms with Gasteiger partial charge in [0.15, 0.2) is 5.06 Å². The molecule has 1 N–H and O–H groups in total. The highest BCUT2D eigenvalue weighted by molar-refractivity contribution is 6.24. The van der Waals surface area contributed by atoms with Crippen molar-refractivity contribution in [3.05, 3.63) is 23.8 Å². The van der Waals surface area contributed by atoms with Crippen LogP contribution in [0.1, 0.15) is 26.7 Å². The van der Waals surface area contributed by atoms with E-state index in [-0.39, 0.29) is 0 Å². The van der Waals surface area contributed by atoms with Crippen molar-refractivity contribution in [3.63, 3.8) is 0 Å². The maximum absolute atomic E-state index is 9.72. The monoisotopic (exact) mass is 186 g/mol. The molecular formula is C10H15ClO. The Morgan fingerprint density at radius 2 is 2.42 bits per heavy atom. The van der Waals surface area contributed by atoms with Crippen molar-refractivity contribution < 1.29 is 5.11 Å². The normalized spacial score (nSPS) is 36.0. The highest BCUT2D eigenvalue weighted by atomic mass is 35.5. The van der Waals surface area contributed by atoms with E-state index in [1.807, 2.05) is 19.9 Å². The average molecular weight is 187 g/mol. The number of halogens is 1. The Hall–Kier alpha value is -0.270. The predicted octanol–water partition coefficient (Wildman–Crippen LogP) is 2.85. The minimum atomic E-state index is -1.14. The van der Waals surface area contributed by atoms with Gasteiger partial charge in [-0.05, 0) is 31.8 Å². The van der Waals surface area contributed by atoms with Crippen LogP contribution in [0.25, 0.3) is 0 Å². The Kier molecular flexibility index (Phi) is 2.64. The zero-order valence-electron chi connectivity index (χ0n) is 7.60. The van der Waals surface area contributed by atoms with Crippen molar-refractivity contribution in [1.29, 1.82) is 0 Å². The molecule has 1 aliphatic carbocycles. The van der Waals surface area contributed by atoms with E-state index < -0.39 is 5.06 Å². The van der Waals surface area contributed by atoms with Crippen LogP contribution in [0.4, 0.5) is 0 Å². The van der Waals surface area contributed by atoms with Crippen LogP contribution in [0.5, 0.6) is 0 Å². The van der Waals surface area contributed by atoms with Gasteiger partial charge in [-0.2, -0.15) is 0 Å². The molecule has 0 aromatic heterocycles. The summed E-state index contributed by atoms with van der Waals surface area (Å²) in [6.07, 6.45) is 3.54. The molecule has 2 unspecified atom stereocenters. The van der Waals surface area contributed by atoms with Gasteiger partial charge in [0.05, 0.1) is 0 Å². The number of hydrogen-bond donors (Lipinski definition) is 1. The van der Waals surface area contributed by atoms with E-state index in [1.54, 1.807) is 0 Å². The fourth-order valence-electron chi connectivity index (χ4n) is 1.42. The lowest BCUT2D eigenvalue weighted by Gasteiger charge is -2.31. The van der Waals surface area contributed by atoms with Crippen LogP contribution in [-0.2, 0) is 0 Å². The number of aliphatic hydroxyl groups is 1. The summed E-state index contributed by atoms with van der Waals surface area (Å²) < 4.78 is 0. The van der Waals surface area contributed by atoms with Crippen LogP contribution >= 0.6 is 11.6 Å². The summed E-state index contributed by atoms with van der Waals surface area (Å²) in [5.41, 5.74) is 1.96. The molecule has 0 aromatic carbocycles. The predicted molar refractivity (Wildman–Crippen MR) is 52.1 cm³/mol. The molecule has 0 fully saturated rings. The number of alkyl halides is 1. The minimum absolute atomic E-state index is 0.330. The number of allylic oxidation sites excluding steroid dienone is 2. The molecule has 68 valence electrons. The van der Waals surface area contributed by atoms with Crippen molar-refractivity contribution in [2.75, 3.05) is 0 Å². The highest BCUT2D eigenvalue weighted by Gasteiger charge is 2.32. The van der Waals surface area contributed by atoms with Crippen molar-refractivity contribution in [1.82, 2.24) is 0 Å². The standard InChI is InChI=1S/C10H15ClO/c1-7(2)9-5-4-8(3)10(11,12)6-9/h4,9,12H,1,5-6H2,2-3H3. The van der Waals surface area contributed by atoms with Crippen LogP contribution in [0, 0.1) is 5.92 Å². The van der Waals surface area contributed by atoms with Crippen LogP contribution in [0.2, 0.25) is 0 Å². The first kappa shape index (κ1) is 9.82. The smallest absolute Gasteiger partial charge is 0.160 e. The second-order valence-corrected chi connectivity index (χ2v) is 4.25. The molecule has 0 saturated carbocycles. The zero-order valence-corrected chi connectivity index (χ0v) is 8.36. The van der Waals surface area contributed by atoms with Gasteiger partial charge in [0.25, 0.3) is 0 Å². The molecule has 0 aliphatic heterocycles. The summed E-state index contributed by atoms with van der Waals surface area (Å²) in [6.45, 7) is 7.71. The van der Waals surface area contributed by atoms with Gasteiger partial charge in [-0.1, -0.05) is 29.8 Å². The summed E-state index contributed by atoms with van der Waals surface area (Å²) in [5.74, 6) is 0.330. The van der Waals surface area contributed by atoms with Crippen LogP contribution < -0.4 is 0 Å². The zero-order chi connectivity index (χ0) is 9.35. The Balaban J connectivity index is 2.79. The Labute approximate surface area is 78.7 Å². The Morgan fingerprint density at radius 1 is 1.83 bits per heavy atom. The summed E-state index contributed by atoms with van der Waals surface area (Å²) in [4.78, 5) is 0. The fraction of sp³-hybridized carbons (Fsp3) is 0.600. The molecule has 1 nitrogen and oxygen atoms in total. The van der Waals surface area contributed by atoms with E-state index in [0.29, 0.717) is 12.3 Å². The summed E-state index contributed by atoms with van der Waals surface area (Å²) in [6, 6.07) is 0. The average Bonchev–Trinajstić information content (AvgIpc) is 1.94. The van der Waals surface area contributed by atoms with E-state index >= 15 is 0 Å². The van der Waals surface area contributed by atoms with E-state index in [1.165, 1.54) is 0 Å². The second-order valence-electron chi connectivity index (χ2n) is 3.63. The molecule has 0 saturated heterocycles. The molecule has 0 radical (unpaired) electrons. The maximum atomic E-state index is 9.72. The fourth-order valence-corrected chi connectivity index (χ4v) is 1.69. The van der Waals surface area contributed by atoms with Crippen molar-refractivity contribution in [2.24, 2.45) is 5.92 Å². The van der Waals surface area contributed by atoms with Crippen LogP contribution in [0.3, 0.4) is 0 Å². The molecule has 0 amide bonds. The molecule has 0 heterocycles. The third-order valence-electron chi connectivity index (χ3n) is 2.53. The summed E-state index contributed by atoms with van der Waals surface area (Å²) in [5, 5.41) is 8.58. The molecule has 0 bridgehead atoms. The first-order chi connectivity index (χ1) is 5.43. The quantitative estimate of drug-likeness (QED) is 0.493. The second kappa shape index (κ2) is 3.23. The molecule has 1 aliphatic rings. The first-order valence-electron chi connectivity index (χ1n) is 4.17. The van der Waals surface area contributed by atoms with E-state index in [4.69, 9.17) is 11.6 Å². The van der Waals surface area contributed by atoms with E-state index in [0.717, 1.165) is 17.6 Å². The SMILES string of the molecule is C=C(C)C1CC=C(C)C(O)(Cl)C1. The minimum Gasteiger partial charge on any atom is -0.371 e. The molecular weight excluding hydrogens is 172 g/mol.